The van der Waals surface area contributed by atoms with Crippen LogP contribution in [-0.2, 0) is 0 Å². The van der Waals surface area contributed by atoms with E-state index in [1.54, 1.807) is 0 Å². The molecule has 38 heavy (non-hydrogen) atoms. The molecular weight excluding hydrogens is 478 g/mol. The molecule has 2 heteroatoms. The van der Waals surface area contributed by atoms with Gasteiger partial charge in [-0.05, 0) is 75.8 Å². The van der Waals surface area contributed by atoms with Crippen LogP contribution >= 0.6 is 12.6 Å². The lowest BCUT2D eigenvalue weighted by Crippen LogP contribution is -1.94. The van der Waals surface area contributed by atoms with Crippen molar-refractivity contribution >= 4 is 34.4 Å². The average molecular weight is 504 g/mol. The fraction of sp³-hybridized carbons (Fsp3) is 0. The Labute approximate surface area is 228 Å². The summed E-state index contributed by atoms with van der Waals surface area (Å²) in [7, 11) is 0. The van der Waals surface area contributed by atoms with Gasteiger partial charge in [-0.2, -0.15) is 0 Å². The predicted octanol–water partition coefficient (Wildman–Crippen LogP) is 10.1. The summed E-state index contributed by atoms with van der Waals surface area (Å²) in [6.07, 6.45) is 0. The summed E-state index contributed by atoms with van der Waals surface area (Å²) in [5.41, 5.74) is 10.7. The zero-order valence-electron chi connectivity index (χ0n) is 20.8. The van der Waals surface area contributed by atoms with Crippen LogP contribution in [0.1, 0.15) is 0 Å². The second-order valence-electron chi connectivity index (χ2n) is 9.60. The van der Waals surface area contributed by atoms with Gasteiger partial charge in [-0.15, -0.1) is 12.6 Å². The third-order valence-electron chi connectivity index (χ3n) is 7.29. The summed E-state index contributed by atoms with van der Waals surface area (Å²) in [5.74, 6) is 0. The first-order valence-corrected chi connectivity index (χ1v) is 13.3. The summed E-state index contributed by atoms with van der Waals surface area (Å²) < 4.78 is 2.37. The monoisotopic (exact) mass is 503 g/mol. The quantitative estimate of drug-likeness (QED) is 0.228. The number of benzene rings is 6. The minimum atomic E-state index is 0.986. The molecule has 0 saturated carbocycles. The Hall–Kier alpha value is -4.53. The fourth-order valence-electron chi connectivity index (χ4n) is 5.49. The zero-order valence-corrected chi connectivity index (χ0v) is 21.6. The van der Waals surface area contributed by atoms with Crippen molar-refractivity contribution in [1.29, 1.82) is 0 Å². The highest BCUT2D eigenvalue weighted by molar-refractivity contribution is 7.80. The maximum Gasteiger partial charge on any atom is 0.0541 e. The number of aromatic nitrogens is 1. The molecule has 1 heterocycles. The molecule has 0 aliphatic carbocycles. The van der Waals surface area contributed by atoms with E-state index < -0.39 is 0 Å². The summed E-state index contributed by atoms with van der Waals surface area (Å²) in [4.78, 5) is 0.986. The summed E-state index contributed by atoms with van der Waals surface area (Å²) >= 11 is 4.67. The lowest BCUT2D eigenvalue weighted by Gasteiger charge is -2.12. The number of rotatable bonds is 4. The molecule has 0 unspecified atom stereocenters. The zero-order chi connectivity index (χ0) is 25.5. The van der Waals surface area contributed by atoms with E-state index in [4.69, 9.17) is 0 Å². The van der Waals surface area contributed by atoms with Crippen LogP contribution in [-0.4, -0.2) is 4.57 Å². The topological polar surface area (TPSA) is 4.93 Å². The molecule has 0 N–H and O–H groups in total. The SMILES string of the molecule is Sc1ccccc1-c1cccc(-c2cccc(-c3cccc(-n4c5ccccc5c5ccccc54)c3)c2)c1. The largest absolute Gasteiger partial charge is 0.309 e. The minimum Gasteiger partial charge on any atom is -0.309 e. The molecule has 0 saturated heterocycles. The van der Waals surface area contributed by atoms with Crippen LogP contribution in [0.5, 0.6) is 0 Å². The lowest BCUT2D eigenvalue weighted by molar-refractivity contribution is 1.18. The van der Waals surface area contributed by atoms with E-state index >= 15 is 0 Å². The Kier molecular flexibility index (Phi) is 5.61. The molecule has 0 bridgehead atoms. The highest BCUT2D eigenvalue weighted by Gasteiger charge is 2.12. The van der Waals surface area contributed by atoms with Gasteiger partial charge in [-0.25, -0.2) is 0 Å². The normalized spacial score (nSPS) is 11.3. The Morgan fingerprint density at radius 3 is 1.50 bits per heavy atom. The third-order valence-corrected chi connectivity index (χ3v) is 7.68. The first kappa shape index (κ1) is 22.7. The number of fused-ring (bicyclic) bond motifs is 3. The molecule has 0 fully saturated rings. The van der Waals surface area contributed by atoms with Gasteiger partial charge in [0.15, 0.2) is 0 Å². The van der Waals surface area contributed by atoms with E-state index in [0.717, 1.165) is 16.1 Å². The second-order valence-corrected chi connectivity index (χ2v) is 10.1. The van der Waals surface area contributed by atoms with Gasteiger partial charge in [0.2, 0.25) is 0 Å². The number of nitrogens with zero attached hydrogens (tertiary/aromatic N) is 1. The Balaban J connectivity index is 1.32. The van der Waals surface area contributed by atoms with E-state index in [9.17, 15) is 0 Å². The maximum atomic E-state index is 4.67. The van der Waals surface area contributed by atoms with Crippen molar-refractivity contribution in [3.8, 4) is 39.1 Å². The number of hydrogen-bond acceptors (Lipinski definition) is 1. The highest BCUT2D eigenvalue weighted by Crippen LogP contribution is 2.35. The molecule has 7 aromatic rings. The summed E-state index contributed by atoms with van der Waals surface area (Å²) in [6.45, 7) is 0. The molecule has 0 amide bonds. The van der Waals surface area contributed by atoms with Crippen molar-refractivity contribution in [2.45, 2.75) is 4.90 Å². The first-order valence-electron chi connectivity index (χ1n) is 12.8. The van der Waals surface area contributed by atoms with Crippen molar-refractivity contribution < 1.29 is 0 Å². The third kappa shape index (κ3) is 3.91. The molecule has 0 aliphatic rings. The highest BCUT2D eigenvalue weighted by atomic mass is 32.1. The van der Waals surface area contributed by atoms with Crippen LogP contribution in [0.2, 0.25) is 0 Å². The van der Waals surface area contributed by atoms with Gasteiger partial charge in [-0.1, -0.05) is 103 Å². The van der Waals surface area contributed by atoms with Crippen molar-refractivity contribution in [3.05, 3.63) is 146 Å². The van der Waals surface area contributed by atoms with E-state index in [-0.39, 0.29) is 0 Å². The molecule has 0 atom stereocenters. The van der Waals surface area contributed by atoms with Crippen molar-refractivity contribution in [1.82, 2.24) is 4.57 Å². The fourth-order valence-corrected chi connectivity index (χ4v) is 5.78. The van der Waals surface area contributed by atoms with Gasteiger partial charge in [-0.3, -0.25) is 0 Å². The van der Waals surface area contributed by atoms with Crippen molar-refractivity contribution in [3.63, 3.8) is 0 Å². The molecule has 180 valence electrons. The maximum absolute atomic E-state index is 4.67. The molecular formula is C36H25NS. The average Bonchev–Trinajstić information content (AvgIpc) is 3.32. The van der Waals surface area contributed by atoms with Crippen LogP contribution in [0.4, 0.5) is 0 Å². The molecule has 0 spiro atoms. The predicted molar refractivity (Wildman–Crippen MR) is 164 cm³/mol. The first-order chi connectivity index (χ1) is 18.8. The Bertz CT molecular complexity index is 1890. The lowest BCUT2D eigenvalue weighted by atomic mass is 9.96. The smallest absolute Gasteiger partial charge is 0.0541 e. The van der Waals surface area contributed by atoms with Gasteiger partial charge in [0.1, 0.15) is 0 Å². The van der Waals surface area contributed by atoms with Gasteiger partial charge in [0.25, 0.3) is 0 Å². The van der Waals surface area contributed by atoms with Gasteiger partial charge >= 0.3 is 0 Å². The van der Waals surface area contributed by atoms with Crippen LogP contribution in [0.3, 0.4) is 0 Å². The Morgan fingerprint density at radius 2 is 0.868 bits per heavy atom. The van der Waals surface area contributed by atoms with Gasteiger partial charge in [0.05, 0.1) is 11.0 Å². The summed E-state index contributed by atoms with van der Waals surface area (Å²) in [5, 5.41) is 2.55. The van der Waals surface area contributed by atoms with Crippen molar-refractivity contribution in [2.75, 3.05) is 0 Å². The number of para-hydroxylation sites is 2. The van der Waals surface area contributed by atoms with Crippen LogP contribution in [0.25, 0.3) is 60.9 Å². The molecule has 1 nitrogen and oxygen atoms in total. The van der Waals surface area contributed by atoms with Crippen molar-refractivity contribution in [2.24, 2.45) is 0 Å². The molecule has 1 aromatic heterocycles. The molecule has 7 rings (SSSR count). The standard InChI is InChI=1S/C36H25NS/c38-36-21-6-3-16-31(36)29-14-8-12-27(23-29)25-10-7-11-26(22-25)28-13-9-15-30(24-28)37-34-19-4-1-17-32(34)33-18-2-5-20-35(33)37/h1-24,38H. The van der Waals surface area contributed by atoms with Crippen LogP contribution < -0.4 is 0 Å². The molecule has 6 aromatic carbocycles. The van der Waals surface area contributed by atoms with E-state index in [1.807, 2.05) is 12.1 Å². The van der Waals surface area contributed by atoms with Gasteiger partial charge in [0, 0.05) is 21.4 Å². The van der Waals surface area contributed by atoms with Crippen LogP contribution in [0, 0.1) is 0 Å². The molecule has 0 aliphatic heterocycles. The number of thiol groups is 1. The molecule has 0 radical (unpaired) electrons. The van der Waals surface area contributed by atoms with Crippen LogP contribution in [0.15, 0.2) is 150 Å². The second kappa shape index (κ2) is 9.41. The van der Waals surface area contributed by atoms with E-state index in [0.29, 0.717) is 0 Å². The van der Waals surface area contributed by atoms with E-state index in [1.165, 1.54) is 49.6 Å². The minimum absolute atomic E-state index is 0.986. The summed E-state index contributed by atoms with van der Waals surface area (Å²) in [6, 6.07) is 51.9. The van der Waals surface area contributed by atoms with E-state index in [2.05, 4.69) is 151 Å². The number of hydrogen-bond donors (Lipinski definition) is 1. The van der Waals surface area contributed by atoms with Gasteiger partial charge < -0.3 is 4.57 Å². The Morgan fingerprint density at radius 1 is 0.395 bits per heavy atom.